The van der Waals surface area contributed by atoms with E-state index in [-0.39, 0.29) is 24.3 Å². The first kappa shape index (κ1) is 23.1. The lowest BCUT2D eigenvalue weighted by atomic mass is 10.0. The number of hydrogen-bond donors (Lipinski definition) is 1. The second-order valence-electron chi connectivity index (χ2n) is 8.52. The van der Waals surface area contributed by atoms with Crippen LogP contribution in [0.1, 0.15) is 47.7 Å². The number of amides is 2. The van der Waals surface area contributed by atoms with E-state index < -0.39 is 6.04 Å². The van der Waals surface area contributed by atoms with Crippen molar-refractivity contribution in [3.05, 3.63) is 82.0 Å². The van der Waals surface area contributed by atoms with Crippen LogP contribution in [0.25, 0.3) is 0 Å². The van der Waals surface area contributed by atoms with Crippen LogP contribution < -0.4 is 15.0 Å². The Hall–Kier alpha value is -3.12. The monoisotopic (exact) mass is 462 g/mol. The average molecular weight is 463 g/mol. The van der Waals surface area contributed by atoms with Crippen molar-refractivity contribution in [1.82, 2.24) is 5.32 Å². The van der Waals surface area contributed by atoms with Crippen molar-refractivity contribution in [1.29, 1.82) is 0 Å². The maximum atomic E-state index is 13.7. The number of aryl methyl sites for hydroxylation is 1. The fourth-order valence-corrected chi connectivity index (χ4v) is 5.11. The molecule has 1 heterocycles. The van der Waals surface area contributed by atoms with Crippen molar-refractivity contribution < 1.29 is 14.3 Å². The zero-order chi connectivity index (χ0) is 23.2. The minimum absolute atomic E-state index is 0.106. The van der Waals surface area contributed by atoms with E-state index in [0.717, 1.165) is 47.4 Å². The highest BCUT2D eigenvalue weighted by Gasteiger charge is 2.34. The standard InChI is InChI=1S/C27H30N2O3S/c1-19-7-5-10-22(17-19)29(25(30)18-24-11-6-16-33-24)26(20-12-14-23(32-2)15-13-20)27(31)28-21-8-3-4-9-21/h5-7,10-17,21,26H,3-4,8-9,18H2,1-2H3,(H,28,31)/t26-/m1/s1. The van der Waals surface area contributed by atoms with Gasteiger partial charge in [-0.1, -0.05) is 43.2 Å². The van der Waals surface area contributed by atoms with Gasteiger partial charge < -0.3 is 10.1 Å². The van der Waals surface area contributed by atoms with E-state index in [2.05, 4.69) is 5.32 Å². The number of hydrogen-bond acceptors (Lipinski definition) is 4. The maximum absolute atomic E-state index is 13.7. The molecule has 6 heteroatoms. The number of nitrogens with one attached hydrogen (secondary N) is 1. The average Bonchev–Trinajstić information content (AvgIpc) is 3.52. The minimum Gasteiger partial charge on any atom is -0.497 e. The first-order valence-corrected chi connectivity index (χ1v) is 12.3. The van der Waals surface area contributed by atoms with E-state index in [9.17, 15) is 9.59 Å². The number of ether oxygens (including phenoxy) is 1. The van der Waals surface area contributed by atoms with Crippen LogP contribution in [0, 0.1) is 6.92 Å². The van der Waals surface area contributed by atoms with Crippen molar-refractivity contribution >= 4 is 28.8 Å². The van der Waals surface area contributed by atoms with Gasteiger partial charge in [0.05, 0.1) is 13.5 Å². The number of methoxy groups -OCH3 is 1. The Bertz CT molecular complexity index is 1070. The minimum atomic E-state index is -0.772. The molecule has 2 amide bonds. The van der Waals surface area contributed by atoms with Crippen LogP contribution in [0.15, 0.2) is 66.0 Å². The van der Waals surface area contributed by atoms with Gasteiger partial charge in [0.15, 0.2) is 0 Å². The van der Waals surface area contributed by atoms with Crippen molar-refractivity contribution in [2.45, 2.75) is 51.1 Å². The van der Waals surface area contributed by atoms with Gasteiger partial charge in [-0.15, -0.1) is 11.3 Å². The molecule has 1 aromatic heterocycles. The highest BCUT2D eigenvalue weighted by molar-refractivity contribution is 7.10. The van der Waals surface area contributed by atoms with E-state index in [0.29, 0.717) is 5.75 Å². The van der Waals surface area contributed by atoms with E-state index in [1.807, 2.05) is 73.0 Å². The third kappa shape index (κ3) is 5.63. The molecule has 0 unspecified atom stereocenters. The lowest BCUT2D eigenvalue weighted by Gasteiger charge is -2.32. The summed E-state index contributed by atoms with van der Waals surface area (Å²) in [6.07, 6.45) is 4.45. The molecule has 1 atom stereocenters. The van der Waals surface area contributed by atoms with E-state index in [1.165, 1.54) is 0 Å². The Morgan fingerprint density at radius 1 is 1.09 bits per heavy atom. The Morgan fingerprint density at radius 2 is 1.85 bits per heavy atom. The summed E-state index contributed by atoms with van der Waals surface area (Å²) < 4.78 is 5.32. The van der Waals surface area contributed by atoms with Crippen LogP contribution in [-0.4, -0.2) is 25.0 Å². The number of thiophene rings is 1. The molecule has 0 radical (unpaired) electrons. The number of carbonyl (C=O) groups is 2. The third-order valence-electron chi connectivity index (χ3n) is 6.09. The Kier molecular flexibility index (Phi) is 7.45. The van der Waals surface area contributed by atoms with Gasteiger partial charge in [-0.2, -0.15) is 0 Å². The lowest BCUT2D eigenvalue weighted by molar-refractivity contribution is -0.127. The summed E-state index contributed by atoms with van der Waals surface area (Å²) in [5.41, 5.74) is 2.51. The molecule has 1 aliphatic rings. The van der Waals surface area contributed by atoms with E-state index in [4.69, 9.17) is 4.74 Å². The van der Waals surface area contributed by atoms with Gasteiger partial charge in [0.2, 0.25) is 11.8 Å². The predicted molar refractivity (Wildman–Crippen MR) is 133 cm³/mol. The molecule has 0 saturated heterocycles. The van der Waals surface area contributed by atoms with Crippen LogP contribution in [0.4, 0.5) is 5.69 Å². The molecule has 0 bridgehead atoms. The summed E-state index contributed by atoms with van der Waals surface area (Å²) in [5, 5.41) is 5.19. The molecule has 1 fully saturated rings. The smallest absolute Gasteiger partial charge is 0.248 e. The first-order valence-electron chi connectivity index (χ1n) is 11.4. The Labute approximate surface area is 199 Å². The summed E-state index contributed by atoms with van der Waals surface area (Å²) in [6.45, 7) is 1.99. The van der Waals surface area contributed by atoms with Gasteiger partial charge in [0, 0.05) is 16.6 Å². The predicted octanol–water partition coefficient (Wildman–Crippen LogP) is 5.44. The second-order valence-corrected chi connectivity index (χ2v) is 9.56. The Morgan fingerprint density at radius 3 is 2.48 bits per heavy atom. The molecule has 3 aromatic rings. The van der Waals surface area contributed by atoms with Crippen LogP contribution >= 0.6 is 11.3 Å². The molecule has 5 nitrogen and oxygen atoms in total. The summed E-state index contributed by atoms with van der Waals surface area (Å²) >= 11 is 1.55. The maximum Gasteiger partial charge on any atom is 0.248 e. The highest BCUT2D eigenvalue weighted by atomic mass is 32.1. The molecule has 1 N–H and O–H groups in total. The number of carbonyl (C=O) groups excluding carboxylic acids is 2. The molecule has 2 aromatic carbocycles. The van der Waals surface area contributed by atoms with Crippen LogP contribution in [-0.2, 0) is 16.0 Å². The fourth-order valence-electron chi connectivity index (χ4n) is 4.42. The van der Waals surface area contributed by atoms with Crippen LogP contribution in [0.5, 0.6) is 5.75 Å². The quantitative estimate of drug-likeness (QED) is 0.485. The molecule has 0 aliphatic heterocycles. The number of benzene rings is 2. The summed E-state index contributed by atoms with van der Waals surface area (Å²) in [4.78, 5) is 30.1. The molecular formula is C27H30N2O3S. The number of nitrogens with zero attached hydrogens (tertiary/aromatic N) is 1. The van der Waals surface area contributed by atoms with Gasteiger partial charge in [0.25, 0.3) is 0 Å². The SMILES string of the molecule is COc1ccc([C@H](C(=O)NC2CCCC2)N(C(=O)Cc2cccs2)c2cccc(C)c2)cc1. The molecule has 4 rings (SSSR count). The molecule has 172 valence electrons. The second kappa shape index (κ2) is 10.7. The molecular weight excluding hydrogens is 432 g/mol. The van der Waals surface area contributed by atoms with Crippen molar-refractivity contribution in [2.75, 3.05) is 12.0 Å². The third-order valence-corrected chi connectivity index (χ3v) is 6.97. The zero-order valence-electron chi connectivity index (χ0n) is 19.1. The van der Waals surface area contributed by atoms with Gasteiger partial charge in [-0.25, -0.2) is 0 Å². The summed E-state index contributed by atoms with van der Waals surface area (Å²) in [5.74, 6) is 0.458. The van der Waals surface area contributed by atoms with E-state index in [1.54, 1.807) is 23.3 Å². The first-order chi connectivity index (χ1) is 16.0. The van der Waals surface area contributed by atoms with Crippen molar-refractivity contribution in [2.24, 2.45) is 0 Å². The van der Waals surface area contributed by atoms with Gasteiger partial charge in [0.1, 0.15) is 11.8 Å². The van der Waals surface area contributed by atoms with Crippen molar-refractivity contribution in [3.8, 4) is 5.75 Å². The van der Waals surface area contributed by atoms with Gasteiger partial charge in [-0.3, -0.25) is 14.5 Å². The number of anilines is 1. The molecule has 0 spiro atoms. The zero-order valence-corrected chi connectivity index (χ0v) is 19.9. The topological polar surface area (TPSA) is 58.6 Å². The van der Waals surface area contributed by atoms with Crippen LogP contribution in [0.2, 0.25) is 0 Å². The fraction of sp³-hybridized carbons (Fsp3) is 0.333. The van der Waals surface area contributed by atoms with E-state index >= 15 is 0 Å². The summed E-state index contributed by atoms with van der Waals surface area (Å²) in [6, 6.07) is 18.5. The largest absolute Gasteiger partial charge is 0.497 e. The number of rotatable bonds is 8. The van der Waals surface area contributed by atoms with Crippen molar-refractivity contribution in [3.63, 3.8) is 0 Å². The normalized spacial score (nSPS) is 14.6. The van der Waals surface area contributed by atoms with Crippen LogP contribution in [0.3, 0.4) is 0 Å². The summed E-state index contributed by atoms with van der Waals surface area (Å²) in [7, 11) is 1.61. The Balaban J connectivity index is 1.76. The van der Waals surface area contributed by atoms with Gasteiger partial charge >= 0.3 is 0 Å². The highest BCUT2D eigenvalue weighted by Crippen LogP contribution is 2.31. The molecule has 33 heavy (non-hydrogen) atoms. The lowest BCUT2D eigenvalue weighted by Crippen LogP contribution is -2.46. The van der Waals surface area contributed by atoms with Gasteiger partial charge in [-0.05, 0) is 66.6 Å². The molecule has 1 saturated carbocycles. The molecule has 1 aliphatic carbocycles.